The van der Waals surface area contributed by atoms with E-state index in [4.69, 9.17) is 5.11 Å². The van der Waals surface area contributed by atoms with Crippen molar-refractivity contribution in [3.63, 3.8) is 0 Å². The zero-order valence-corrected chi connectivity index (χ0v) is 8.50. The number of hydrogen-bond acceptors (Lipinski definition) is 1. The monoisotopic (exact) mass is 174 g/mol. The molecule has 0 aromatic heterocycles. The van der Waals surface area contributed by atoms with Gasteiger partial charge in [0.1, 0.15) is 0 Å². The average molecular weight is 174 g/mol. The van der Waals surface area contributed by atoms with E-state index in [-0.39, 0.29) is 6.54 Å². The summed E-state index contributed by atoms with van der Waals surface area (Å²) in [5.41, 5.74) is 0. The summed E-state index contributed by atoms with van der Waals surface area (Å²) in [6, 6.07) is 0. The molecule has 0 aliphatic carbocycles. The fourth-order valence-electron chi connectivity index (χ4n) is 1.05. The Kier molecular flexibility index (Phi) is 4.24. The molecule has 0 heterocycles. The average Bonchev–Trinajstić information content (AvgIpc) is 1.81. The van der Waals surface area contributed by atoms with Gasteiger partial charge in [0.2, 0.25) is 0 Å². The first-order valence-corrected chi connectivity index (χ1v) is 4.37. The molecule has 0 aliphatic heterocycles. The molecule has 0 saturated carbocycles. The predicted octanol–water partition coefficient (Wildman–Crippen LogP) is 1.19. The van der Waals surface area contributed by atoms with Crippen molar-refractivity contribution in [2.75, 3.05) is 27.2 Å². The van der Waals surface area contributed by atoms with Crippen molar-refractivity contribution in [1.82, 2.24) is 0 Å². The van der Waals surface area contributed by atoms with Crippen LogP contribution >= 0.6 is 0 Å². The van der Waals surface area contributed by atoms with Crippen LogP contribution in [0.1, 0.15) is 20.3 Å². The summed E-state index contributed by atoms with van der Waals surface area (Å²) in [5, 5.41) is 8.60. The van der Waals surface area contributed by atoms with Gasteiger partial charge in [0.05, 0.1) is 20.6 Å². The first-order chi connectivity index (χ1) is 5.33. The van der Waals surface area contributed by atoms with Gasteiger partial charge in [-0.1, -0.05) is 13.8 Å². The second-order valence-electron chi connectivity index (χ2n) is 4.39. The van der Waals surface area contributed by atoms with E-state index in [1.165, 1.54) is 0 Å². The number of likely N-dealkylation sites (N-methyl/N-ethyl adjacent to an activating group) is 1. The minimum absolute atomic E-state index is 0.215. The maximum Gasteiger partial charge on any atom is 0.359 e. The second-order valence-corrected chi connectivity index (χ2v) is 4.39. The van der Waals surface area contributed by atoms with Crippen molar-refractivity contribution >= 4 is 5.97 Å². The van der Waals surface area contributed by atoms with Crippen LogP contribution in [0.2, 0.25) is 0 Å². The molecule has 0 radical (unpaired) electrons. The van der Waals surface area contributed by atoms with E-state index in [1.54, 1.807) is 0 Å². The van der Waals surface area contributed by atoms with Gasteiger partial charge in [0.25, 0.3) is 0 Å². The molecule has 0 aromatic rings. The highest BCUT2D eigenvalue weighted by Gasteiger charge is 2.19. The van der Waals surface area contributed by atoms with E-state index in [1.807, 2.05) is 14.1 Å². The van der Waals surface area contributed by atoms with Crippen LogP contribution in [0.3, 0.4) is 0 Å². The molecule has 0 aliphatic rings. The van der Waals surface area contributed by atoms with Crippen molar-refractivity contribution in [2.24, 2.45) is 5.92 Å². The molecular weight excluding hydrogens is 154 g/mol. The van der Waals surface area contributed by atoms with Crippen molar-refractivity contribution in [3.8, 4) is 0 Å². The topological polar surface area (TPSA) is 37.3 Å². The number of hydrogen-bond donors (Lipinski definition) is 1. The summed E-state index contributed by atoms with van der Waals surface area (Å²) in [5.74, 6) is -0.0695. The van der Waals surface area contributed by atoms with Crippen molar-refractivity contribution in [3.05, 3.63) is 0 Å². The van der Waals surface area contributed by atoms with Crippen LogP contribution in [-0.4, -0.2) is 42.7 Å². The molecule has 3 heteroatoms. The van der Waals surface area contributed by atoms with E-state index < -0.39 is 5.97 Å². The van der Waals surface area contributed by atoms with Gasteiger partial charge in [-0.15, -0.1) is 0 Å². The molecule has 0 spiro atoms. The van der Waals surface area contributed by atoms with Crippen LogP contribution < -0.4 is 0 Å². The highest BCUT2D eigenvalue weighted by Crippen LogP contribution is 2.05. The smallest absolute Gasteiger partial charge is 0.359 e. The Morgan fingerprint density at radius 1 is 1.42 bits per heavy atom. The maximum absolute atomic E-state index is 10.4. The first kappa shape index (κ1) is 11.4. The lowest BCUT2D eigenvalue weighted by molar-refractivity contribution is -0.883. The Bertz CT molecular complexity index is 153. The van der Waals surface area contributed by atoms with Crippen LogP contribution in [0.25, 0.3) is 0 Å². The zero-order valence-electron chi connectivity index (χ0n) is 8.50. The van der Waals surface area contributed by atoms with Crippen LogP contribution in [0.4, 0.5) is 0 Å². The Balaban J connectivity index is 3.78. The van der Waals surface area contributed by atoms with E-state index in [2.05, 4.69) is 13.8 Å². The SMILES string of the molecule is CC(C)CC[N+](C)(C)CC(=O)O. The fourth-order valence-corrected chi connectivity index (χ4v) is 1.05. The lowest BCUT2D eigenvalue weighted by Crippen LogP contribution is -2.44. The highest BCUT2D eigenvalue weighted by molar-refractivity contribution is 5.67. The number of carbonyl (C=O) groups is 1. The predicted molar refractivity (Wildman–Crippen MR) is 48.9 cm³/mol. The standard InChI is InChI=1S/C9H19NO2/c1-8(2)5-6-10(3,4)7-9(11)12/h8H,5-7H2,1-4H3/p+1. The number of quaternary nitrogens is 1. The lowest BCUT2D eigenvalue weighted by atomic mass is 10.1. The van der Waals surface area contributed by atoms with E-state index in [9.17, 15) is 4.79 Å². The van der Waals surface area contributed by atoms with Crippen LogP contribution in [-0.2, 0) is 4.79 Å². The Morgan fingerprint density at radius 2 is 1.92 bits per heavy atom. The molecule has 0 fully saturated rings. The maximum atomic E-state index is 10.4. The molecule has 0 amide bonds. The largest absolute Gasteiger partial charge is 0.477 e. The van der Waals surface area contributed by atoms with Crippen molar-refractivity contribution in [1.29, 1.82) is 0 Å². The minimum Gasteiger partial charge on any atom is -0.477 e. The number of rotatable bonds is 5. The Morgan fingerprint density at radius 3 is 2.25 bits per heavy atom. The van der Waals surface area contributed by atoms with Crippen LogP contribution in [0.5, 0.6) is 0 Å². The van der Waals surface area contributed by atoms with Crippen LogP contribution in [0.15, 0.2) is 0 Å². The number of aliphatic carboxylic acids is 1. The molecule has 1 N–H and O–H groups in total. The van der Waals surface area contributed by atoms with Gasteiger partial charge in [-0.2, -0.15) is 0 Å². The minimum atomic E-state index is -0.719. The quantitative estimate of drug-likeness (QED) is 0.636. The summed E-state index contributed by atoms with van der Waals surface area (Å²) < 4.78 is 0.577. The van der Waals surface area contributed by atoms with Gasteiger partial charge in [-0.25, -0.2) is 4.79 Å². The number of nitrogens with zero attached hydrogens (tertiary/aromatic N) is 1. The molecule has 0 aromatic carbocycles. The fraction of sp³-hybridized carbons (Fsp3) is 0.889. The van der Waals surface area contributed by atoms with Crippen molar-refractivity contribution in [2.45, 2.75) is 20.3 Å². The van der Waals surface area contributed by atoms with E-state index in [0.717, 1.165) is 13.0 Å². The summed E-state index contributed by atoms with van der Waals surface area (Å²) in [7, 11) is 3.91. The van der Waals surface area contributed by atoms with E-state index in [0.29, 0.717) is 10.4 Å². The summed E-state index contributed by atoms with van der Waals surface area (Å²) >= 11 is 0. The third-order valence-electron chi connectivity index (χ3n) is 1.88. The zero-order chi connectivity index (χ0) is 9.78. The molecule has 0 unspecified atom stereocenters. The van der Waals surface area contributed by atoms with Gasteiger partial charge in [0, 0.05) is 0 Å². The normalized spacial score (nSPS) is 12.1. The molecule has 0 bridgehead atoms. The summed E-state index contributed by atoms with van der Waals surface area (Å²) in [4.78, 5) is 10.4. The molecule has 12 heavy (non-hydrogen) atoms. The molecule has 3 nitrogen and oxygen atoms in total. The van der Waals surface area contributed by atoms with Crippen LogP contribution in [0, 0.1) is 5.92 Å². The summed E-state index contributed by atoms with van der Waals surface area (Å²) in [6.45, 7) is 5.46. The molecular formula is C9H20NO2+. The van der Waals surface area contributed by atoms with Gasteiger partial charge in [-0.3, -0.25) is 0 Å². The van der Waals surface area contributed by atoms with Gasteiger partial charge in [0.15, 0.2) is 6.54 Å². The number of carboxylic acids is 1. The van der Waals surface area contributed by atoms with E-state index >= 15 is 0 Å². The number of carboxylic acid groups (broad SMARTS) is 1. The Hall–Kier alpha value is -0.570. The first-order valence-electron chi connectivity index (χ1n) is 4.37. The lowest BCUT2D eigenvalue weighted by Gasteiger charge is -2.28. The van der Waals surface area contributed by atoms with Gasteiger partial charge >= 0.3 is 5.97 Å². The molecule has 0 saturated heterocycles. The summed E-state index contributed by atoms with van der Waals surface area (Å²) in [6.07, 6.45) is 1.08. The van der Waals surface area contributed by atoms with Gasteiger partial charge < -0.3 is 9.59 Å². The second kappa shape index (κ2) is 4.45. The van der Waals surface area contributed by atoms with Crippen molar-refractivity contribution < 1.29 is 14.4 Å². The molecule has 0 atom stereocenters. The van der Waals surface area contributed by atoms with Gasteiger partial charge in [-0.05, 0) is 12.3 Å². The Labute approximate surface area is 74.6 Å². The molecule has 72 valence electrons. The third kappa shape index (κ3) is 6.16. The highest BCUT2D eigenvalue weighted by atomic mass is 16.4. The third-order valence-corrected chi connectivity index (χ3v) is 1.88. The molecule has 0 rings (SSSR count).